The van der Waals surface area contributed by atoms with E-state index in [1.54, 1.807) is 6.08 Å². The summed E-state index contributed by atoms with van der Waals surface area (Å²) in [5.74, 6) is -0.0646. The van der Waals surface area contributed by atoms with Crippen LogP contribution in [0.3, 0.4) is 0 Å². The van der Waals surface area contributed by atoms with Crippen LogP contribution >= 0.6 is 0 Å². The number of hydrogen-bond donors (Lipinski definition) is 3. The van der Waals surface area contributed by atoms with Crippen LogP contribution in [0.1, 0.15) is 258 Å². The van der Waals surface area contributed by atoms with Gasteiger partial charge in [0.1, 0.15) is 0 Å². The third kappa shape index (κ3) is 46.9. The smallest absolute Gasteiger partial charge is 0.220 e. The van der Waals surface area contributed by atoms with E-state index < -0.39 is 12.1 Å². The van der Waals surface area contributed by atoms with Gasteiger partial charge in [0.05, 0.1) is 18.8 Å². The average Bonchev–Trinajstić information content (AvgIpc) is 3.25. The summed E-state index contributed by atoms with van der Waals surface area (Å²) >= 11 is 0. The number of carbonyl (C=O) groups excluding carboxylic acids is 1. The van der Waals surface area contributed by atoms with E-state index in [2.05, 4.69) is 79.9 Å². The number of nitrogens with one attached hydrogen (secondary N) is 1. The second-order valence-electron chi connectivity index (χ2n) is 17.6. The molecule has 3 N–H and O–H groups in total. The Morgan fingerprint density at radius 3 is 1.10 bits per heavy atom. The lowest BCUT2D eigenvalue weighted by molar-refractivity contribution is -0.123. The molecule has 2 unspecified atom stereocenters. The van der Waals surface area contributed by atoms with Crippen molar-refractivity contribution in [3.05, 3.63) is 72.9 Å². The van der Waals surface area contributed by atoms with Gasteiger partial charge in [0, 0.05) is 6.42 Å². The molecule has 0 aromatic carbocycles. The number of aliphatic hydroxyl groups is 2. The molecule has 2 atom stereocenters. The zero-order chi connectivity index (χ0) is 43.5. The number of aliphatic hydroxyl groups excluding tert-OH is 2. The molecule has 0 aliphatic rings. The SMILES string of the molecule is CC/C=C\C/C=C\C/C=C\C/C=C\C/C=C\CCCCCCCCCCCCCCCCCC(=O)NC(CO)C(O)/C=C/CCCCCCCCCCCCCCCCC. The Hall–Kier alpha value is -2.17. The van der Waals surface area contributed by atoms with Gasteiger partial charge in [-0.15, -0.1) is 0 Å². The molecule has 0 saturated heterocycles. The Labute approximate surface area is 374 Å². The minimum atomic E-state index is -0.841. The summed E-state index contributed by atoms with van der Waals surface area (Å²) in [5.41, 5.74) is 0. The standard InChI is InChI=1S/C56H101NO3/c1-3-5-7-9-11-13-15-17-19-21-22-23-24-25-26-27-28-29-30-31-32-33-34-36-38-40-42-44-46-48-50-52-56(60)57-54(53-58)55(59)51-49-47-45-43-41-39-37-35-20-18-16-14-12-10-8-6-4-2/h5,7,11,13,17,19,22-23,25-26,49,51,54-55,58-59H,3-4,6,8-10,12,14-16,18,20-21,24,27-48,50,52-53H2,1-2H3,(H,57,60)/b7-5-,13-11-,19-17-,23-22-,26-25-,51-49+. The zero-order valence-corrected chi connectivity index (χ0v) is 40.0. The highest BCUT2D eigenvalue weighted by molar-refractivity contribution is 5.76. The van der Waals surface area contributed by atoms with Gasteiger partial charge >= 0.3 is 0 Å². The molecule has 1 amide bonds. The van der Waals surface area contributed by atoms with Gasteiger partial charge in [-0.1, -0.05) is 260 Å². The van der Waals surface area contributed by atoms with Crippen molar-refractivity contribution in [2.24, 2.45) is 0 Å². The summed E-state index contributed by atoms with van der Waals surface area (Å²) in [6.07, 6.45) is 73.3. The van der Waals surface area contributed by atoms with Crippen molar-refractivity contribution in [3.8, 4) is 0 Å². The highest BCUT2D eigenvalue weighted by atomic mass is 16.3. The Balaban J connectivity index is 3.52. The fourth-order valence-electron chi connectivity index (χ4n) is 7.74. The quantitative estimate of drug-likeness (QED) is 0.0422. The minimum Gasteiger partial charge on any atom is -0.394 e. The number of allylic oxidation sites excluding steroid dienone is 11. The molecule has 0 heterocycles. The summed E-state index contributed by atoms with van der Waals surface area (Å²) < 4.78 is 0. The molecule has 0 aromatic heterocycles. The summed E-state index contributed by atoms with van der Waals surface area (Å²) in [6, 6.07) is -0.625. The Bertz CT molecular complexity index is 1040. The molecule has 4 nitrogen and oxygen atoms in total. The van der Waals surface area contributed by atoms with Crippen LogP contribution in [0, 0.1) is 0 Å². The summed E-state index contributed by atoms with van der Waals surface area (Å²) in [5, 5.41) is 23.1. The van der Waals surface area contributed by atoms with Crippen LogP contribution < -0.4 is 5.32 Å². The normalized spacial score (nSPS) is 13.5. The maximum absolute atomic E-state index is 12.4. The van der Waals surface area contributed by atoms with E-state index in [1.165, 1.54) is 180 Å². The van der Waals surface area contributed by atoms with E-state index in [1.807, 2.05) is 6.08 Å². The maximum Gasteiger partial charge on any atom is 0.220 e. The molecule has 0 aliphatic carbocycles. The third-order valence-electron chi connectivity index (χ3n) is 11.7. The highest BCUT2D eigenvalue weighted by Crippen LogP contribution is 2.16. The molecule has 4 heteroatoms. The molecule has 0 aromatic rings. The van der Waals surface area contributed by atoms with Crippen LogP contribution in [-0.4, -0.2) is 34.9 Å². The molecular formula is C56H101NO3. The fourth-order valence-corrected chi connectivity index (χ4v) is 7.74. The summed E-state index contributed by atoms with van der Waals surface area (Å²) in [7, 11) is 0. The number of hydrogen-bond acceptors (Lipinski definition) is 3. The van der Waals surface area contributed by atoms with E-state index in [0.717, 1.165) is 57.8 Å². The van der Waals surface area contributed by atoms with Gasteiger partial charge in [-0.3, -0.25) is 4.79 Å². The molecule has 0 rings (SSSR count). The van der Waals surface area contributed by atoms with Crippen molar-refractivity contribution < 1.29 is 15.0 Å². The van der Waals surface area contributed by atoms with Crippen LogP contribution in [0.5, 0.6) is 0 Å². The molecule has 0 aliphatic heterocycles. The first-order valence-corrected chi connectivity index (χ1v) is 26.2. The van der Waals surface area contributed by atoms with E-state index in [4.69, 9.17) is 0 Å². The largest absolute Gasteiger partial charge is 0.394 e. The predicted octanol–water partition coefficient (Wildman–Crippen LogP) is 17.0. The number of carbonyl (C=O) groups is 1. The van der Waals surface area contributed by atoms with Gasteiger partial charge < -0.3 is 15.5 Å². The molecule has 60 heavy (non-hydrogen) atoms. The van der Waals surface area contributed by atoms with Crippen molar-refractivity contribution in [1.82, 2.24) is 5.32 Å². The van der Waals surface area contributed by atoms with Gasteiger partial charge in [-0.25, -0.2) is 0 Å². The molecule has 0 fully saturated rings. The molecule has 0 bridgehead atoms. The fraction of sp³-hybridized carbons (Fsp3) is 0.768. The second-order valence-corrected chi connectivity index (χ2v) is 17.6. The molecular weight excluding hydrogens is 735 g/mol. The van der Waals surface area contributed by atoms with Crippen molar-refractivity contribution in [2.75, 3.05) is 6.61 Å². The molecule has 0 saturated carbocycles. The van der Waals surface area contributed by atoms with E-state index >= 15 is 0 Å². The lowest BCUT2D eigenvalue weighted by Crippen LogP contribution is -2.45. The van der Waals surface area contributed by atoms with Crippen LogP contribution in [0.25, 0.3) is 0 Å². The molecule has 348 valence electrons. The first-order valence-electron chi connectivity index (χ1n) is 26.2. The molecule has 0 radical (unpaired) electrons. The van der Waals surface area contributed by atoms with Gasteiger partial charge in [0.15, 0.2) is 0 Å². The van der Waals surface area contributed by atoms with Crippen molar-refractivity contribution in [2.45, 2.75) is 270 Å². The second kappa shape index (κ2) is 51.2. The summed E-state index contributed by atoms with van der Waals surface area (Å²) in [6.45, 7) is 4.21. The Kier molecular flexibility index (Phi) is 49.3. The first-order chi connectivity index (χ1) is 29.7. The number of amides is 1. The number of rotatable bonds is 47. The lowest BCUT2D eigenvalue weighted by atomic mass is 10.0. The average molecular weight is 836 g/mol. The van der Waals surface area contributed by atoms with Gasteiger partial charge in [-0.2, -0.15) is 0 Å². The maximum atomic E-state index is 12.4. The van der Waals surface area contributed by atoms with Gasteiger partial charge in [0.25, 0.3) is 0 Å². The Morgan fingerprint density at radius 1 is 0.417 bits per heavy atom. The lowest BCUT2D eigenvalue weighted by Gasteiger charge is -2.20. The third-order valence-corrected chi connectivity index (χ3v) is 11.7. The highest BCUT2D eigenvalue weighted by Gasteiger charge is 2.18. The monoisotopic (exact) mass is 836 g/mol. The van der Waals surface area contributed by atoms with E-state index in [-0.39, 0.29) is 12.5 Å². The van der Waals surface area contributed by atoms with Gasteiger partial charge in [-0.05, 0) is 64.2 Å². The minimum absolute atomic E-state index is 0.0646. The Morgan fingerprint density at radius 2 is 0.733 bits per heavy atom. The van der Waals surface area contributed by atoms with Crippen molar-refractivity contribution in [3.63, 3.8) is 0 Å². The van der Waals surface area contributed by atoms with Crippen molar-refractivity contribution in [1.29, 1.82) is 0 Å². The van der Waals surface area contributed by atoms with E-state index in [9.17, 15) is 15.0 Å². The van der Waals surface area contributed by atoms with Crippen LogP contribution in [0.2, 0.25) is 0 Å². The van der Waals surface area contributed by atoms with Crippen LogP contribution in [0.4, 0.5) is 0 Å². The van der Waals surface area contributed by atoms with Crippen LogP contribution in [0.15, 0.2) is 72.9 Å². The topological polar surface area (TPSA) is 69.6 Å². The van der Waals surface area contributed by atoms with Crippen molar-refractivity contribution >= 4 is 5.91 Å². The predicted molar refractivity (Wildman–Crippen MR) is 267 cm³/mol. The zero-order valence-electron chi connectivity index (χ0n) is 40.0. The first kappa shape index (κ1) is 57.8. The van der Waals surface area contributed by atoms with Crippen LogP contribution in [-0.2, 0) is 4.79 Å². The van der Waals surface area contributed by atoms with E-state index in [0.29, 0.717) is 6.42 Å². The van der Waals surface area contributed by atoms with Gasteiger partial charge in [0.2, 0.25) is 5.91 Å². The summed E-state index contributed by atoms with van der Waals surface area (Å²) in [4.78, 5) is 12.4. The number of unbranched alkanes of at least 4 members (excludes halogenated alkanes) is 30. The molecule has 0 spiro atoms.